The van der Waals surface area contributed by atoms with Gasteiger partial charge in [0, 0.05) is 5.56 Å². The predicted octanol–water partition coefficient (Wildman–Crippen LogP) is 2.38. The lowest BCUT2D eigenvalue weighted by atomic mass is 9.92. The second-order valence-electron chi connectivity index (χ2n) is 4.64. The van der Waals surface area contributed by atoms with Gasteiger partial charge in [-0.3, -0.25) is 0 Å². The number of hydrogen-bond acceptors (Lipinski definition) is 2. The molecular weight excluding hydrogens is 205 g/mol. The van der Waals surface area contributed by atoms with Gasteiger partial charge in [0.1, 0.15) is 11.6 Å². The minimum Gasteiger partial charge on any atom is -0.508 e. The number of aromatic hydroxyl groups is 1. The molecule has 1 fully saturated rings. The first-order chi connectivity index (χ1) is 7.66. The smallest absolute Gasteiger partial charge is 0.130 e. The molecule has 0 aromatic heterocycles. The van der Waals surface area contributed by atoms with E-state index in [2.05, 4.69) is 5.32 Å². The summed E-state index contributed by atoms with van der Waals surface area (Å²) in [5.41, 5.74) is 1.24. The number of rotatable bonds is 2. The number of phenols is 1. The van der Waals surface area contributed by atoms with Crippen LogP contribution in [0.5, 0.6) is 5.75 Å². The SMILES string of the molecule is Cc1c(O)cc(CC2CCCNC2)cc1F. The highest BCUT2D eigenvalue weighted by Crippen LogP contribution is 2.24. The van der Waals surface area contributed by atoms with E-state index < -0.39 is 0 Å². The summed E-state index contributed by atoms with van der Waals surface area (Å²) in [7, 11) is 0. The van der Waals surface area contributed by atoms with Gasteiger partial charge in [-0.05, 0) is 62.9 Å². The van der Waals surface area contributed by atoms with Gasteiger partial charge < -0.3 is 10.4 Å². The van der Waals surface area contributed by atoms with Gasteiger partial charge in [0.05, 0.1) is 0 Å². The molecule has 1 saturated heterocycles. The molecule has 1 aliphatic heterocycles. The van der Waals surface area contributed by atoms with Crippen molar-refractivity contribution in [3.05, 3.63) is 29.1 Å². The van der Waals surface area contributed by atoms with E-state index in [1.165, 1.54) is 12.8 Å². The summed E-state index contributed by atoms with van der Waals surface area (Å²) in [6.45, 7) is 3.68. The number of nitrogens with one attached hydrogen (secondary N) is 1. The zero-order chi connectivity index (χ0) is 11.5. The third kappa shape index (κ3) is 2.53. The molecule has 0 aliphatic carbocycles. The van der Waals surface area contributed by atoms with Crippen molar-refractivity contribution in [2.75, 3.05) is 13.1 Å². The lowest BCUT2D eigenvalue weighted by Gasteiger charge is -2.22. The molecule has 1 aromatic rings. The van der Waals surface area contributed by atoms with Crippen molar-refractivity contribution in [1.82, 2.24) is 5.32 Å². The first kappa shape index (κ1) is 11.4. The standard InChI is InChI=1S/C13H18FNO/c1-9-12(14)6-11(7-13(9)16)5-10-3-2-4-15-8-10/h6-7,10,15-16H,2-5,8H2,1H3. The van der Waals surface area contributed by atoms with Gasteiger partial charge in [-0.15, -0.1) is 0 Å². The van der Waals surface area contributed by atoms with E-state index in [-0.39, 0.29) is 11.6 Å². The van der Waals surface area contributed by atoms with Gasteiger partial charge in [-0.1, -0.05) is 0 Å². The Morgan fingerprint density at radius 2 is 2.31 bits per heavy atom. The van der Waals surface area contributed by atoms with Crippen molar-refractivity contribution >= 4 is 0 Å². The molecule has 0 radical (unpaired) electrons. The maximum atomic E-state index is 13.4. The maximum absolute atomic E-state index is 13.4. The molecule has 2 nitrogen and oxygen atoms in total. The average molecular weight is 223 g/mol. The van der Waals surface area contributed by atoms with Crippen molar-refractivity contribution in [3.63, 3.8) is 0 Å². The molecule has 1 atom stereocenters. The molecule has 1 unspecified atom stereocenters. The summed E-state index contributed by atoms with van der Waals surface area (Å²) in [6, 6.07) is 3.23. The first-order valence-corrected chi connectivity index (χ1v) is 5.85. The second kappa shape index (κ2) is 4.83. The van der Waals surface area contributed by atoms with Gasteiger partial charge in [0.25, 0.3) is 0 Å². The number of phenolic OH excluding ortho intramolecular Hbond substituents is 1. The van der Waals surface area contributed by atoms with Crippen LogP contribution in [-0.2, 0) is 6.42 Å². The monoisotopic (exact) mass is 223 g/mol. The first-order valence-electron chi connectivity index (χ1n) is 5.85. The Labute approximate surface area is 95.5 Å². The van der Waals surface area contributed by atoms with Crippen molar-refractivity contribution in [3.8, 4) is 5.75 Å². The van der Waals surface area contributed by atoms with Gasteiger partial charge in [-0.25, -0.2) is 4.39 Å². The number of halogens is 1. The molecule has 1 aliphatic rings. The highest BCUT2D eigenvalue weighted by atomic mass is 19.1. The molecule has 0 saturated carbocycles. The normalized spacial score (nSPS) is 21.0. The van der Waals surface area contributed by atoms with Gasteiger partial charge in [0.15, 0.2) is 0 Å². The van der Waals surface area contributed by atoms with Crippen LogP contribution in [0.3, 0.4) is 0 Å². The molecule has 16 heavy (non-hydrogen) atoms. The van der Waals surface area contributed by atoms with E-state index in [1.54, 1.807) is 19.1 Å². The third-order valence-corrected chi connectivity index (χ3v) is 3.30. The largest absolute Gasteiger partial charge is 0.508 e. The van der Waals surface area contributed by atoms with Crippen LogP contribution in [0.2, 0.25) is 0 Å². The van der Waals surface area contributed by atoms with Crippen LogP contribution in [-0.4, -0.2) is 18.2 Å². The van der Waals surface area contributed by atoms with E-state index >= 15 is 0 Å². The average Bonchev–Trinajstić information content (AvgIpc) is 2.27. The third-order valence-electron chi connectivity index (χ3n) is 3.30. The maximum Gasteiger partial charge on any atom is 0.130 e. The van der Waals surface area contributed by atoms with Crippen LogP contribution in [0.4, 0.5) is 4.39 Å². The summed E-state index contributed by atoms with van der Waals surface area (Å²) < 4.78 is 13.4. The minimum atomic E-state index is -0.307. The predicted molar refractivity (Wildman–Crippen MR) is 62.1 cm³/mol. The Morgan fingerprint density at radius 3 is 2.94 bits per heavy atom. The molecule has 3 heteroatoms. The van der Waals surface area contributed by atoms with Crippen LogP contribution >= 0.6 is 0 Å². The topological polar surface area (TPSA) is 32.3 Å². The summed E-state index contributed by atoms with van der Waals surface area (Å²) in [4.78, 5) is 0. The van der Waals surface area contributed by atoms with E-state index in [0.717, 1.165) is 25.1 Å². The van der Waals surface area contributed by atoms with Crippen molar-refractivity contribution < 1.29 is 9.50 Å². The van der Waals surface area contributed by atoms with Crippen molar-refractivity contribution in [2.24, 2.45) is 5.92 Å². The fourth-order valence-electron chi connectivity index (χ4n) is 2.27. The lowest BCUT2D eigenvalue weighted by Crippen LogP contribution is -2.30. The molecule has 1 heterocycles. The van der Waals surface area contributed by atoms with Gasteiger partial charge in [-0.2, -0.15) is 0 Å². The zero-order valence-corrected chi connectivity index (χ0v) is 9.59. The Balaban J connectivity index is 2.09. The van der Waals surface area contributed by atoms with Crippen molar-refractivity contribution in [1.29, 1.82) is 0 Å². The summed E-state index contributed by atoms with van der Waals surface area (Å²) in [6.07, 6.45) is 3.21. The van der Waals surface area contributed by atoms with Crippen LogP contribution in [0.25, 0.3) is 0 Å². The lowest BCUT2D eigenvalue weighted by molar-refractivity contribution is 0.374. The molecule has 88 valence electrons. The zero-order valence-electron chi connectivity index (χ0n) is 9.59. The fraction of sp³-hybridized carbons (Fsp3) is 0.538. The minimum absolute atomic E-state index is 0.0683. The van der Waals surface area contributed by atoms with Gasteiger partial charge >= 0.3 is 0 Å². The Kier molecular flexibility index (Phi) is 3.44. The van der Waals surface area contributed by atoms with Crippen LogP contribution < -0.4 is 5.32 Å². The number of piperidine rings is 1. The second-order valence-corrected chi connectivity index (χ2v) is 4.64. The van der Waals surface area contributed by atoms with Crippen LogP contribution in [0.15, 0.2) is 12.1 Å². The number of benzene rings is 1. The van der Waals surface area contributed by atoms with Crippen LogP contribution in [0.1, 0.15) is 24.0 Å². The molecule has 0 spiro atoms. The van der Waals surface area contributed by atoms with Gasteiger partial charge in [0.2, 0.25) is 0 Å². The quantitative estimate of drug-likeness (QED) is 0.806. The van der Waals surface area contributed by atoms with Crippen molar-refractivity contribution in [2.45, 2.75) is 26.2 Å². The molecule has 0 amide bonds. The molecule has 0 bridgehead atoms. The summed E-state index contributed by atoms with van der Waals surface area (Å²) in [5, 5.41) is 12.9. The Hall–Kier alpha value is -1.09. The van der Waals surface area contributed by atoms with E-state index in [4.69, 9.17) is 0 Å². The molecule has 2 N–H and O–H groups in total. The van der Waals surface area contributed by atoms with E-state index in [1.807, 2.05) is 0 Å². The van der Waals surface area contributed by atoms with Crippen LogP contribution in [0, 0.1) is 18.7 Å². The highest BCUT2D eigenvalue weighted by molar-refractivity contribution is 5.36. The molecular formula is C13H18FNO. The Bertz CT molecular complexity index is 349. The fourth-order valence-corrected chi connectivity index (χ4v) is 2.27. The molecule has 2 rings (SSSR count). The van der Waals surface area contributed by atoms with E-state index in [0.29, 0.717) is 11.5 Å². The summed E-state index contributed by atoms with van der Waals surface area (Å²) in [5.74, 6) is 0.327. The Morgan fingerprint density at radius 1 is 1.50 bits per heavy atom. The highest BCUT2D eigenvalue weighted by Gasteiger charge is 2.15. The van der Waals surface area contributed by atoms with E-state index in [9.17, 15) is 9.50 Å². The summed E-state index contributed by atoms with van der Waals surface area (Å²) >= 11 is 0. The number of hydrogen-bond donors (Lipinski definition) is 2. The molecule has 1 aromatic carbocycles.